The number of nitrogens with zero attached hydrogens (tertiary/aromatic N) is 2. The van der Waals surface area contributed by atoms with Gasteiger partial charge >= 0.3 is 0 Å². The van der Waals surface area contributed by atoms with Gasteiger partial charge in [0.1, 0.15) is 0 Å². The third-order valence-corrected chi connectivity index (χ3v) is 2.77. The molecule has 1 aromatic rings. The first-order valence-corrected chi connectivity index (χ1v) is 5.31. The van der Waals surface area contributed by atoms with Crippen LogP contribution < -0.4 is 5.32 Å². The monoisotopic (exact) mass is 313 g/mol. The molecule has 0 aromatic carbocycles. The summed E-state index contributed by atoms with van der Waals surface area (Å²) < 4.78 is 3.26. The summed E-state index contributed by atoms with van der Waals surface area (Å²) in [5, 5.41) is 7.62. The fourth-order valence-electron chi connectivity index (χ4n) is 1.57. The molecule has 0 radical (unpaired) electrons. The Morgan fingerprint density at radius 3 is 3.08 bits per heavy atom. The average molecular weight is 314 g/mol. The molecule has 0 amide bonds. The molecule has 0 spiro atoms. The molecule has 74 valence electrons. The summed E-state index contributed by atoms with van der Waals surface area (Å²) in [5.74, 6) is 0.778. The maximum atomic E-state index is 4.26. The quantitative estimate of drug-likeness (QED) is 0.839. The van der Waals surface area contributed by atoms with E-state index in [-0.39, 0.29) is 12.4 Å². The number of hydrogen-bond donors (Lipinski definition) is 1. The van der Waals surface area contributed by atoms with E-state index in [1.807, 2.05) is 10.9 Å². The molecule has 0 unspecified atom stereocenters. The van der Waals surface area contributed by atoms with E-state index in [9.17, 15) is 0 Å². The highest BCUT2D eigenvalue weighted by molar-refractivity contribution is 14.1. The van der Waals surface area contributed by atoms with Gasteiger partial charge in [-0.3, -0.25) is 4.68 Å². The van der Waals surface area contributed by atoms with Gasteiger partial charge in [0.15, 0.2) is 0 Å². The number of rotatable bonds is 2. The molecule has 2 rings (SSSR count). The van der Waals surface area contributed by atoms with Crippen molar-refractivity contribution in [1.29, 1.82) is 0 Å². The summed E-state index contributed by atoms with van der Waals surface area (Å²) in [7, 11) is 0. The third-order valence-electron chi connectivity index (χ3n) is 2.21. The standard InChI is InChI=1S/C8H12IN3.ClH/c9-8-4-11-12(6-8)5-7-1-2-10-3-7;/h4,6-7,10H,1-3,5H2;1H/t7-;/m0./s1. The van der Waals surface area contributed by atoms with Crippen molar-refractivity contribution in [2.24, 2.45) is 5.92 Å². The maximum absolute atomic E-state index is 4.26. The zero-order chi connectivity index (χ0) is 8.39. The van der Waals surface area contributed by atoms with Crippen molar-refractivity contribution in [1.82, 2.24) is 15.1 Å². The molecule has 1 fully saturated rings. The average Bonchev–Trinajstić information content (AvgIpc) is 2.63. The summed E-state index contributed by atoms with van der Waals surface area (Å²) >= 11 is 2.29. The van der Waals surface area contributed by atoms with Gasteiger partial charge in [-0.2, -0.15) is 5.10 Å². The van der Waals surface area contributed by atoms with Crippen LogP contribution in [0.2, 0.25) is 0 Å². The fraction of sp³-hybridized carbons (Fsp3) is 0.625. The van der Waals surface area contributed by atoms with Crippen LogP contribution in [0.5, 0.6) is 0 Å². The van der Waals surface area contributed by atoms with Gasteiger partial charge in [0.2, 0.25) is 0 Å². The van der Waals surface area contributed by atoms with Crippen LogP contribution in [0.1, 0.15) is 6.42 Å². The van der Waals surface area contributed by atoms with Gasteiger partial charge in [0.05, 0.1) is 9.77 Å². The van der Waals surface area contributed by atoms with Crippen molar-refractivity contribution in [3.8, 4) is 0 Å². The Morgan fingerprint density at radius 2 is 2.54 bits per heavy atom. The molecule has 1 aromatic heterocycles. The van der Waals surface area contributed by atoms with Crippen LogP contribution in [0.3, 0.4) is 0 Å². The van der Waals surface area contributed by atoms with Crippen molar-refractivity contribution in [3.05, 3.63) is 16.0 Å². The molecular weight excluding hydrogens is 300 g/mol. The Morgan fingerprint density at radius 1 is 1.69 bits per heavy atom. The SMILES string of the molecule is Cl.Ic1cnn(C[C@H]2CCNC2)c1. The Balaban J connectivity index is 0.000000845. The van der Waals surface area contributed by atoms with E-state index in [0.29, 0.717) is 0 Å². The summed E-state index contributed by atoms with van der Waals surface area (Å²) in [6.07, 6.45) is 5.29. The summed E-state index contributed by atoms with van der Waals surface area (Å²) in [5.41, 5.74) is 0. The van der Waals surface area contributed by atoms with Crippen molar-refractivity contribution in [2.45, 2.75) is 13.0 Å². The lowest BCUT2D eigenvalue weighted by Gasteiger charge is -2.06. The maximum Gasteiger partial charge on any atom is 0.0623 e. The zero-order valence-electron chi connectivity index (χ0n) is 7.24. The minimum absolute atomic E-state index is 0. The molecule has 1 aliphatic heterocycles. The van der Waals surface area contributed by atoms with Gasteiger partial charge in [-0.15, -0.1) is 12.4 Å². The first-order chi connectivity index (χ1) is 5.84. The molecule has 0 aliphatic carbocycles. The second-order valence-electron chi connectivity index (χ2n) is 3.24. The Kier molecular flexibility index (Phi) is 4.48. The van der Waals surface area contributed by atoms with Crippen molar-refractivity contribution in [3.63, 3.8) is 0 Å². The van der Waals surface area contributed by atoms with Gasteiger partial charge < -0.3 is 5.32 Å². The molecule has 13 heavy (non-hydrogen) atoms. The van der Waals surface area contributed by atoms with Crippen LogP contribution in [0.15, 0.2) is 12.4 Å². The minimum Gasteiger partial charge on any atom is -0.316 e. The predicted molar refractivity (Wildman–Crippen MR) is 63.2 cm³/mol. The zero-order valence-corrected chi connectivity index (χ0v) is 10.2. The highest BCUT2D eigenvalue weighted by Crippen LogP contribution is 2.10. The molecule has 0 bridgehead atoms. The van der Waals surface area contributed by atoms with E-state index in [1.54, 1.807) is 0 Å². The third kappa shape index (κ3) is 3.11. The van der Waals surface area contributed by atoms with Crippen LogP contribution in [-0.2, 0) is 6.54 Å². The van der Waals surface area contributed by atoms with Gasteiger partial charge in [-0.1, -0.05) is 0 Å². The Hall–Kier alpha value is 0.190. The lowest BCUT2D eigenvalue weighted by Crippen LogP contribution is -2.14. The minimum atomic E-state index is 0. The molecule has 5 heteroatoms. The summed E-state index contributed by atoms with van der Waals surface area (Å²) in [6, 6.07) is 0. The van der Waals surface area contributed by atoms with Gasteiger partial charge in [0, 0.05) is 12.7 Å². The van der Waals surface area contributed by atoms with Crippen molar-refractivity contribution >= 4 is 35.0 Å². The lowest BCUT2D eigenvalue weighted by molar-refractivity contribution is 0.449. The normalized spacial score (nSPS) is 21.5. The number of nitrogens with one attached hydrogen (secondary N) is 1. The smallest absolute Gasteiger partial charge is 0.0623 e. The topological polar surface area (TPSA) is 29.9 Å². The summed E-state index contributed by atoms with van der Waals surface area (Å²) in [6.45, 7) is 3.38. The predicted octanol–water partition coefficient (Wildman–Crippen LogP) is 1.52. The molecule has 1 aliphatic rings. The first kappa shape index (κ1) is 11.3. The first-order valence-electron chi connectivity index (χ1n) is 4.23. The van der Waals surface area contributed by atoms with Crippen molar-refractivity contribution < 1.29 is 0 Å². The van der Waals surface area contributed by atoms with Crippen LogP contribution >= 0.6 is 35.0 Å². The van der Waals surface area contributed by atoms with Gasteiger partial charge in [-0.25, -0.2) is 0 Å². The largest absolute Gasteiger partial charge is 0.316 e. The molecular formula is C8H13ClIN3. The van der Waals surface area contributed by atoms with Gasteiger partial charge in [0.25, 0.3) is 0 Å². The second-order valence-corrected chi connectivity index (χ2v) is 4.49. The van der Waals surface area contributed by atoms with E-state index in [1.165, 1.54) is 16.5 Å². The molecule has 1 atom stereocenters. The Bertz CT molecular complexity index is 258. The molecule has 1 N–H and O–H groups in total. The lowest BCUT2D eigenvalue weighted by atomic mass is 10.1. The van der Waals surface area contributed by atoms with Crippen molar-refractivity contribution in [2.75, 3.05) is 13.1 Å². The van der Waals surface area contributed by atoms with E-state index in [4.69, 9.17) is 0 Å². The molecule has 2 heterocycles. The number of halogens is 2. The van der Waals surface area contributed by atoms with Crippen LogP contribution in [-0.4, -0.2) is 22.9 Å². The molecule has 3 nitrogen and oxygen atoms in total. The summed E-state index contributed by atoms with van der Waals surface area (Å²) in [4.78, 5) is 0. The number of hydrogen-bond acceptors (Lipinski definition) is 2. The fourth-order valence-corrected chi connectivity index (χ4v) is 2.02. The van der Waals surface area contributed by atoms with Crippen LogP contribution in [0.25, 0.3) is 0 Å². The van der Waals surface area contributed by atoms with E-state index in [2.05, 4.69) is 39.2 Å². The number of aromatic nitrogens is 2. The Labute approximate surface area is 97.8 Å². The van der Waals surface area contributed by atoms with E-state index in [0.717, 1.165) is 19.0 Å². The molecule has 0 saturated carbocycles. The van der Waals surface area contributed by atoms with Crippen LogP contribution in [0, 0.1) is 9.49 Å². The highest BCUT2D eigenvalue weighted by atomic mass is 127. The van der Waals surface area contributed by atoms with E-state index < -0.39 is 0 Å². The second kappa shape index (κ2) is 5.17. The van der Waals surface area contributed by atoms with Gasteiger partial charge in [-0.05, 0) is 48.0 Å². The highest BCUT2D eigenvalue weighted by Gasteiger charge is 2.14. The molecule has 1 saturated heterocycles. The van der Waals surface area contributed by atoms with Crippen LogP contribution in [0.4, 0.5) is 0 Å². The van der Waals surface area contributed by atoms with E-state index >= 15 is 0 Å².